The fraction of sp³-hybridized carbons (Fsp3) is 0.333. The molecule has 27 heavy (non-hydrogen) atoms. The number of thiophene rings is 1. The second kappa shape index (κ2) is 8.33. The summed E-state index contributed by atoms with van der Waals surface area (Å²) in [6.07, 6.45) is 2.21. The van der Waals surface area contributed by atoms with Crippen molar-refractivity contribution in [1.82, 2.24) is 15.2 Å². The predicted molar refractivity (Wildman–Crippen MR) is 112 cm³/mol. The maximum Gasteiger partial charge on any atom is 0.244 e. The van der Waals surface area contributed by atoms with Crippen LogP contribution in [0.25, 0.3) is 10.6 Å². The van der Waals surface area contributed by atoms with E-state index in [-0.39, 0.29) is 11.9 Å². The minimum Gasteiger partial charge on any atom is -0.341 e. The average Bonchev–Trinajstić information content (AvgIpc) is 3.44. The van der Waals surface area contributed by atoms with Crippen LogP contribution >= 0.6 is 22.7 Å². The van der Waals surface area contributed by atoms with E-state index in [0.29, 0.717) is 6.54 Å². The summed E-state index contributed by atoms with van der Waals surface area (Å²) < 4.78 is 0. The number of carbonyl (C=O) groups excluding carboxylic acids is 1. The van der Waals surface area contributed by atoms with E-state index in [2.05, 4.69) is 27.8 Å². The largest absolute Gasteiger partial charge is 0.341 e. The van der Waals surface area contributed by atoms with Crippen LogP contribution in [0.1, 0.15) is 34.3 Å². The molecule has 0 aliphatic carbocycles. The second-order valence-electron chi connectivity index (χ2n) is 6.77. The molecule has 1 atom stereocenters. The number of carbonyl (C=O) groups is 1. The van der Waals surface area contributed by atoms with Crippen LogP contribution in [0.5, 0.6) is 0 Å². The Morgan fingerprint density at radius 3 is 2.67 bits per heavy atom. The zero-order chi connectivity index (χ0) is 18.6. The molecule has 4 nitrogen and oxygen atoms in total. The molecule has 0 bridgehead atoms. The SMILES string of the molecule is Cc1nc(-c2ccc(CNC(C(=O)N3CCCC3)c3ccccc3)s2)cs1. The van der Waals surface area contributed by atoms with Gasteiger partial charge in [-0.25, -0.2) is 4.98 Å². The van der Waals surface area contributed by atoms with Gasteiger partial charge in [0.2, 0.25) is 5.91 Å². The third-order valence-electron chi connectivity index (χ3n) is 4.81. The molecule has 1 aliphatic heterocycles. The zero-order valence-corrected chi connectivity index (χ0v) is 17.0. The van der Waals surface area contributed by atoms with Crippen molar-refractivity contribution < 1.29 is 4.79 Å². The van der Waals surface area contributed by atoms with Gasteiger partial charge in [-0.15, -0.1) is 22.7 Å². The van der Waals surface area contributed by atoms with E-state index in [4.69, 9.17) is 0 Å². The summed E-state index contributed by atoms with van der Waals surface area (Å²) in [5, 5.41) is 6.68. The van der Waals surface area contributed by atoms with Gasteiger partial charge in [0.05, 0.1) is 15.6 Å². The quantitative estimate of drug-likeness (QED) is 0.659. The first-order chi connectivity index (χ1) is 13.2. The van der Waals surface area contributed by atoms with Crippen LogP contribution in [0.2, 0.25) is 0 Å². The smallest absolute Gasteiger partial charge is 0.244 e. The first-order valence-electron chi connectivity index (χ1n) is 9.29. The Kier molecular flexibility index (Phi) is 5.66. The molecule has 1 aromatic carbocycles. The molecule has 1 aliphatic rings. The average molecular weight is 398 g/mol. The van der Waals surface area contributed by atoms with Crippen LogP contribution in [0.15, 0.2) is 47.8 Å². The van der Waals surface area contributed by atoms with E-state index < -0.39 is 0 Å². The maximum atomic E-state index is 13.1. The van der Waals surface area contributed by atoms with Crippen molar-refractivity contribution in [3.8, 4) is 10.6 Å². The summed E-state index contributed by atoms with van der Waals surface area (Å²) in [5.41, 5.74) is 2.07. The van der Waals surface area contributed by atoms with Crippen molar-refractivity contribution >= 4 is 28.6 Å². The van der Waals surface area contributed by atoms with E-state index in [0.717, 1.165) is 42.2 Å². The molecule has 0 spiro atoms. The van der Waals surface area contributed by atoms with Gasteiger partial charge in [0.15, 0.2) is 0 Å². The van der Waals surface area contributed by atoms with Gasteiger partial charge in [0, 0.05) is 29.9 Å². The van der Waals surface area contributed by atoms with Gasteiger partial charge in [-0.1, -0.05) is 30.3 Å². The van der Waals surface area contributed by atoms with Crippen LogP contribution in [0.3, 0.4) is 0 Å². The molecule has 3 heterocycles. The van der Waals surface area contributed by atoms with E-state index >= 15 is 0 Å². The normalized spacial score (nSPS) is 15.2. The van der Waals surface area contributed by atoms with Gasteiger partial charge in [-0.3, -0.25) is 10.1 Å². The van der Waals surface area contributed by atoms with Gasteiger partial charge >= 0.3 is 0 Å². The molecule has 1 N–H and O–H groups in total. The number of hydrogen-bond acceptors (Lipinski definition) is 5. The summed E-state index contributed by atoms with van der Waals surface area (Å²) in [4.78, 5) is 22.0. The van der Waals surface area contributed by atoms with Crippen LogP contribution in [0.4, 0.5) is 0 Å². The van der Waals surface area contributed by atoms with Crippen LogP contribution in [-0.2, 0) is 11.3 Å². The summed E-state index contributed by atoms with van der Waals surface area (Å²) in [6, 6.07) is 14.0. The van der Waals surface area contributed by atoms with Crippen molar-refractivity contribution in [2.45, 2.75) is 32.4 Å². The molecule has 4 rings (SSSR count). The van der Waals surface area contributed by atoms with Crippen LogP contribution < -0.4 is 5.32 Å². The molecule has 140 valence electrons. The molecular formula is C21H23N3OS2. The Morgan fingerprint density at radius 2 is 1.96 bits per heavy atom. The minimum atomic E-state index is -0.295. The van der Waals surface area contributed by atoms with E-state index in [1.807, 2.05) is 42.2 Å². The van der Waals surface area contributed by atoms with Gasteiger partial charge in [0.25, 0.3) is 0 Å². The van der Waals surface area contributed by atoms with E-state index in [1.165, 1.54) is 9.75 Å². The number of nitrogens with zero attached hydrogens (tertiary/aromatic N) is 2. The second-order valence-corrected chi connectivity index (χ2v) is 9.01. The summed E-state index contributed by atoms with van der Waals surface area (Å²) in [6.45, 7) is 4.44. The summed E-state index contributed by atoms with van der Waals surface area (Å²) in [7, 11) is 0. The lowest BCUT2D eigenvalue weighted by Crippen LogP contribution is -2.39. The Morgan fingerprint density at radius 1 is 1.19 bits per heavy atom. The highest BCUT2D eigenvalue weighted by Gasteiger charge is 2.27. The number of aromatic nitrogens is 1. The molecule has 0 radical (unpaired) electrons. The van der Waals surface area contributed by atoms with Crippen LogP contribution in [0, 0.1) is 6.92 Å². The maximum absolute atomic E-state index is 13.1. The lowest BCUT2D eigenvalue weighted by Gasteiger charge is -2.24. The van der Waals surface area contributed by atoms with Crippen molar-refractivity contribution in [3.63, 3.8) is 0 Å². The molecule has 1 saturated heterocycles. The standard InChI is InChI=1S/C21H23N3OS2/c1-15-23-18(14-26-15)19-10-9-17(27-19)13-22-20(16-7-3-2-4-8-16)21(25)24-11-5-6-12-24/h2-4,7-10,14,20,22H,5-6,11-13H2,1H3. The Bertz CT molecular complexity index is 897. The van der Waals surface area contributed by atoms with Crippen molar-refractivity contribution in [2.24, 2.45) is 0 Å². The van der Waals surface area contributed by atoms with Gasteiger partial charge in [-0.05, 0) is 37.5 Å². The van der Waals surface area contributed by atoms with Crippen molar-refractivity contribution in [1.29, 1.82) is 0 Å². The topological polar surface area (TPSA) is 45.2 Å². The highest BCUT2D eigenvalue weighted by molar-refractivity contribution is 7.16. The highest BCUT2D eigenvalue weighted by Crippen LogP contribution is 2.29. The molecule has 1 unspecified atom stereocenters. The third kappa shape index (κ3) is 4.29. The minimum absolute atomic E-state index is 0.186. The van der Waals surface area contributed by atoms with Crippen molar-refractivity contribution in [3.05, 3.63) is 63.3 Å². The number of rotatable bonds is 6. The Balaban J connectivity index is 1.48. The number of aryl methyl sites for hydroxylation is 1. The molecule has 3 aromatic rings. The lowest BCUT2D eigenvalue weighted by molar-refractivity contribution is -0.132. The number of hydrogen-bond donors (Lipinski definition) is 1. The summed E-state index contributed by atoms with van der Waals surface area (Å²) in [5.74, 6) is 0.186. The molecule has 6 heteroatoms. The Hall–Kier alpha value is -2.02. The zero-order valence-electron chi connectivity index (χ0n) is 15.4. The van der Waals surface area contributed by atoms with E-state index in [9.17, 15) is 4.79 Å². The number of amides is 1. The van der Waals surface area contributed by atoms with Gasteiger partial charge in [0.1, 0.15) is 6.04 Å². The molecule has 1 fully saturated rings. The molecule has 2 aromatic heterocycles. The first-order valence-corrected chi connectivity index (χ1v) is 11.0. The fourth-order valence-electron chi connectivity index (χ4n) is 3.40. The summed E-state index contributed by atoms with van der Waals surface area (Å²) >= 11 is 3.41. The van der Waals surface area contributed by atoms with Crippen LogP contribution in [-0.4, -0.2) is 28.9 Å². The predicted octanol–water partition coefficient (Wildman–Crippen LogP) is 4.63. The Labute approximate surface area is 167 Å². The molecule has 0 saturated carbocycles. The number of thiazole rings is 1. The van der Waals surface area contributed by atoms with Crippen molar-refractivity contribution in [2.75, 3.05) is 13.1 Å². The van der Waals surface area contributed by atoms with Gasteiger partial charge < -0.3 is 4.90 Å². The molecule has 1 amide bonds. The first kappa shape index (κ1) is 18.3. The fourth-order valence-corrected chi connectivity index (χ4v) is 5.01. The number of likely N-dealkylation sites (tertiary alicyclic amines) is 1. The monoisotopic (exact) mass is 397 g/mol. The highest BCUT2D eigenvalue weighted by atomic mass is 32.1. The van der Waals surface area contributed by atoms with Gasteiger partial charge in [-0.2, -0.15) is 0 Å². The third-order valence-corrected chi connectivity index (χ3v) is 6.69. The van der Waals surface area contributed by atoms with E-state index in [1.54, 1.807) is 22.7 Å². The lowest BCUT2D eigenvalue weighted by atomic mass is 10.1. The number of nitrogens with one attached hydrogen (secondary N) is 1. The number of benzene rings is 1. The molecular weight excluding hydrogens is 374 g/mol.